The van der Waals surface area contributed by atoms with Gasteiger partial charge in [-0.25, -0.2) is 13.8 Å². The van der Waals surface area contributed by atoms with Gasteiger partial charge in [0.2, 0.25) is 5.91 Å². The predicted octanol–water partition coefficient (Wildman–Crippen LogP) is 3.59. The molecule has 1 amide bonds. The van der Waals surface area contributed by atoms with Gasteiger partial charge in [0.1, 0.15) is 0 Å². The normalized spacial score (nSPS) is 15.2. The van der Waals surface area contributed by atoms with E-state index in [0.717, 1.165) is 31.8 Å². The molecule has 0 radical (unpaired) electrons. The number of H-pyrrole nitrogens is 1. The number of halogens is 2. The summed E-state index contributed by atoms with van der Waals surface area (Å²) in [5.41, 5.74) is 3.31. The number of hydrogen-bond donors (Lipinski definition) is 1. The quantitative estimate of drug-likeness (QED) is 0.646. The minimum atomic E-state index is -0.930. The van der Waals surface area contributed by atoms with E-state index < -0.39 is 11.6 Å². The number of carbonyl (C=O) groups is 1. The minimum absolute atomic E-state index is 0.0445. The Morgan fingerprint density at radius 2 is 1.90 bits per heavy atom. The molecule has 0 spiro atoms. The summed E-state index contributed by atoms with van der Waals surface area (Å²) in [4.78, 5) is 23.9. The van der Waals surface area contributed by atoms with Gasteiger partial charge >= 0.3 is 0 Å². The monoisotopic (exact) mass is 416 g/mol. The summed E-state index contributed by atoms with van der Waals surface area (Å²) < 4.78 is 26.6. The number of aromatic amines is 1. The first-order valence-electron chi connectivity index (χ1n) is 9.51. The highest BCUT2D eigenvalue weighted by Crippen LogP contribution is 2.22. The molecule has 152 valence electrons. The van der Waals surface area contributed by atoms with E-state index in [1.165, 1.54) is 22.9 Å². The molecule has 8 heteroatoms. The van der Waals surface area contributed by atoms with Crippen molar-refractivity contribution in [3.8, 4) is 0 Å². The molecular weight excluding hydrogens is 394 g/mol. The van der Waals surface area contributed by atoms with Gasteiger partial charge in [0.05, 0.1) is 16.8 Å². The van der Waals surface area contributed by atoms with Crippen LogP contribution in [-0.4, -0.2) is 57.6 Å². The average Bonchev–Trinajstić information content (AvgIpc) is 3.08. The number of nitrogens with zero attached hydrogens (tertiary/aromatic N) is 3. The first kappa shape index (κ1) is 19.8. The summed E-state index contributed by atoms with van der Waals surface area (Å²) in [5, 5.41) is 0.483. The lowest BCUT2D eigenvalue weighted by molar-refractivity contribution is -0.130. The highest BCUT2D eigenvalue weighted by atomic mass is 32.2. The van der Waals surface area contributed by atoms with Crippen LogP contribution in [0.5, 0.6) is 0 Å². The second-order valence-electron chi connectivity index (χ2n) is 7.26. The molecule has 1 saturated heterocycles. The Kier molecular flexibility index (Phi) is 5.82. The second-order valence-corrected chi connectivity index (χ2v) is 8.22. The van der Waals surface area contributed by atoms with Crippen LogP contribution in [0, 0.1) is 18.6 Å². The fraction of sp³-hybridized carbons (Fsp3) is 0.333. The highest BCUT2D eigenvalue weighted by molar-refractivity contribution is 7.99. The number of fused-ring (bicyclic) bond motifs is 1. The van der Waals surface area contributed by atoms with Crippen LogP contribution in [-0.2, 0) is 11.3 Å². The summed E-state index contributed by atoms with van der Waals surface area (Å²) in [6, 6.07) is 10.6. The average molecular weight is 416 g/mol. The van der Waals surface area contributed by atoms with Crippen molar-refractivity contribution in [2.75, 3.05) is 31.9 Å². The molecule has 2 heterocycles. The Morgan fingerprint density at radius 1 is 1.14 bits per heavy atom. The van der Waals surface area contributed by atoms with Crippen molar-refractivity contribution in [2.24, 2.45) is 0 Å². The van der Waals surface area contributed by atoms with Crippen LogP contribution in [0.3, 0.4) is 0 Å². The lowest BCUT2D eigenvalue weighted by Gasteiger charge is -2.34. The molecule has 0 bridgehead atoms. The molecule has 5 nitrogen and oxygen atoms in total. The maximum absolute atomic E-state index is 13.3. The van der Waals surface area contributed by atoms with Crippen molar-refractivity contribution in [3.63, 3.8) is 0 Å². The SMILES string of the molecule is Cc1cccc(CN2CCN(C(=O)CSc3nc4cc(F)c(F)cc4[nH]3)CC2)c1. The Bertz CT molecular complexity index is 992. The molecule has 1 aliphatic heterocycles. The molecule has 1 N–H and O–H groups in total. The lowest BCUT2D eigenvalue weighted by Crippen LogP contribution is -2.48. The van der Waals surface area contributed by atoms with Gasteiger partial charge in [-0.05, 0) is 12.5 Å². The van der Waals surface area contributed by atoms with Crippen LogP contribution in [0.15, 0.2) is 41.6 Å². The van der Waals surface area contributed by atoms with Crippen molar-refractivity contribution in [1.82, 2.24) is 19.8 Å². The first-order chi connectivity index (χ1) is 14.0. The van der Waals surface area contributed by atoms with Crippen LogP contribution in [0.2, 0.25) is 0 Å². The molecule has 0 atom stereocenters. The van der Waals surface area contributed by atoms with Crippen LogP contribution >= 0.6 is 11.8 Å². The first-order valence-corrected chi connectivity index (χ1v) is 10.5. The van der Waals surface area contributed by atoms with Gasteiger partial charge in [-0.1, -0.05) is 41.6 Å². The summed E-state index contributed by atoms with van der Waals surface area (Å²) in [6.45, 7) is 6.06. The Labute approximate surface area is 172 Å². The van der Waals surface area contributed by atoms with E-state index >= 15 is 0 Å². The van der Waals surface area contributed by atoms with Crippen molar-refractivity contribution in [1.29, 1.82) is 0 Å². The third kappa shape index (κ3) is 4.76. The van der Waals surface area contributed by atoms with Gasteiger partial charge in [-0.2, -0.15) is 0 Å². The van der Waals surface area contributed by atoms with Crippen molar-refractivity contribution < 1.29 is 13.6 Å². The van der Waals surface area contributed by atoms with Gasteiger partial charge < -0.3 is 9.88 Å². The van der Waals surface area contributed by atoms with E-state index in [-0.39, 0.29) is 11.7 Å². The van der Waals surface area contributed by atoms with E-state index in [0.29, 0.717) is 29.3 Å². The fourth-order valence-electron chi connectivity index (χ4n) is 3.50. The number of aryl methyl sites for hydroxylation is 1. The zero-order valence-corrected chi connectivity index (χ0v) is 16.9. The standard InChI is InChI=1S/C21H22F2N4OS/c1-14-3-2-4-15(9-14)12-26-5-7-27(8-6-26)20(28)13-29-21-24-18-10-16(22)17(23)11-19(18)25-21/h2-4,9-11H,5-8,12-13H2,1H3,(H,24,25). The number of thioether (sulfide) groups is 1. The predicted molar refractivity (Wildman–Crippen MR) is 110 cm³/mol. The van der Waals surface area contributed by atoms with Crippen LogP contribution < -0.4 is 0 Å². The Morgan fingerprint density at radius 3 is 2.66 bits per heavy atom. The number of benzene rings is 2. The number of carbonyl (C=O) groups excluding carboxylic acids is 1. The van der Waals surface area contributed by atoms with E-state index in [1.807, 2.05) is 4.90 Å². The molecule has 0 unspecified atom stereocenters. The maximum atomic E-state index is 13.3. The zero-order valence-electron chi connectivity index (χ0n) is 16.1. The van der Waals surface area contributed by atoms with Crippen molar-refractivity contribution in [3.05, 3.63) is 59.2 Å². The number of imidazole rings is 1. The molecule has 29 heavy (non-hydrogen) atoms. The molecule has 1 aliphatic rings. The molecular formula is C21H22F2N4OS. The zero-order chi connectivity index (χ0) is 20.4. The number of rotatable bonds is 5. The van der Waals surface area contributed by atoms with Gasteiger partial charge in [-0.15, -0.1) is 0 Å². The third-order valence-electron chi connectivity index (χ3n) is 5.05. The molecule has 1 aromatic heterocycles. The third-order valence-corrected chi connectivity index (χ3v) is 5.91. The van der Waals surface area contributed by atoms with Crippen molar-refractivity contribution in [2.45, 2.75) is 18.6 Å². The van der Waals surface area contributed by atoms with E-state index in [9.17, 15) is 13.6 Å². The summed E-state index contributed by atoms with van der Waals surface area (Å²) in [7, 11) is 0. The summed E-state index contributed by atoms with van der Waals surface area (Å²) in [5.74, 6) is -1.57. The smallest absolute Gasteiger partial charge is 0.233 e. The topological polar surface area (TPSA) is 52.2 Å². The summed E-state index contributed by atoms with van der Waals surface area (Å²) in [6.07, 6.45) is 0. The maximum Gasteiger partial charge on any atom is 0.233 e. The minimum Gasteiger partial charge on any atom is -0.339 e. The highest BCUT2D eigenvalue weighted by Gasteiger charge is 2.21. The second kappa shape index (κ2) is 8.51. The van der Waals surface area contributed by atoms with Gasteiger partial charge in [0.25, 0.3) is 0 Å². The van der Waals surface area contributed by atoms with Crippen LogP contribution in [0.1, 0.15) is 11.1 Å². The number of amides is 1. The van der Waals surface area contributed by atoms with Crippen LogP contribution in [0.4, 0.5) is 8.78 Å². The van der Waals surface area contributed by atoms with E-state index in [2.05, 4.69) is 46.1 Å². The largest absolute Gasteiger partial charge is 0.339 e. The number of aromatic nitrogens is 2. The van der Waals surface area contributed by atoms with Gasteiger partial charge in [-0.3, -0.25) is 9.69 Å². The number of nitrogens with one attached hydrogen (secondary N) is 1. The lowest BCUT2D eigenvalue weighted by atomic mass is 10.1. The molecule has 3 aromatic rings. The Balaban J connectivity index is 1.28. The van der Waals surface area contributed by atoms with Gasteiger partial charge in [0, 0.05) is 44.9 Å². The van der Waals surface area contributed by atoms with E-state index in [1.54, 1.807) is 0 Å². The number of hydrogen-bond acceptors (Lipinski definition) is 4. The molecule has 0 saturated carbocycles. The fourth-order valence-corrected chi connectivity index (χ4v) is 4.28. The molecule has 1 fully saturated rings. The van der Waals surface area contributed by atoms with Crippen LogP contribution in [0.25, 0.3) is 11.0 Å². The van der Waals surface area contributed by atoms with Gasteiger partial charge in [0.15, 0.2) is 16.8 Å². The number of piperazine rings is 1. The van der Waals surface area contributed by atoms with E-state index in [4.69, 9.17) is 0 Å². The Hall–Kier alpha value is -2.45. The van der Waals surface area contributed by atoms with Crippen molar-refractivity contribution >= 4 is 28.7 Å². The molecule has 4 rings (SSSR count). The molecule has 0 aliphatic carbocycles. The molecule has 2 aromatic carbocycles. The summed E-state index contributed by atoms with van der Waals surface area (Å²) >= 11 is 1.25.